The fourth-order valence-corrected chi connectivity index (χ4v) is 3.27. The highest BCUT2D eigenvalue weighted by Crippen LogP contribution is 2.33. The number of carboxylic acid groups (broad SMARTS) is 1. The molecule has 0 saturated carbocycles. The number of urea groups is 1. The van der Waals surface area contributed by atoms with Crippen LogP contribution < -0.4 is 24.4 Å². The number of benzene rings is 2. The molecule has 1 saturated heterocycles. The van der Waals surface area contributed by atoms with Crippen molar-refractivity contribution in [2.75, 3.05) is 25.2 Å². The largest absolute Gasteiger partial charge is 0.493 e. The first-order valence-electron chi connectivity index (χ1n) is 10.5. The van der Waals surface area contributed by atoms with Crippen LogP contribution in [0.5, 0.6) is 17.2 Å². The van der Waals surface area contributed by atoms with Crippen molar-refractivity contribution in [1.29, 1.82) is 0 Å². The second-order valence-corrected chi connectivity index (χ2v) is 7.14. The van der Waals surface area contributed by atoms with Gasteiger partial charge < -0.3 is 19.3 Å². The molecule has 0 aromatic heterocycles. The van der Waals surface area contributed by atoms with E-state index in [0.29, 0.717) is 18.1 Å². The molecule has 0 bridgehead atoms. The lowest BCUT2D eigenvalue weighted by Gasteiger charge is -2.27. The van der Waals surface area contributed by atoms with E-state index in [0.717, 1.165) is 11.3 Å². The molecule has 2 aromatic rings. The number of carboxylic acids is 1. The highest BCUT2D eigenvalue weighted by molar-refractivity contribution is 6.39. The van der Waals surface area contributed by atoms with Crippen molar-refractivity contribution in [3.63, 3.8) is 0 Å². The highest BCUT2D eigenvalue weighted by atomic mass is 16.5. The topological polar surface area (TPSA) is 131 Å². The molecule has 1 fully saturated rings. The molecular weight excluding hydrogens is 444 g/mol. The molecular formula is C24H24N2O8. The Kier molecular flexibility index (Phi) is 7.52. The Morgan fingerprint density at radius 2 is 1.76 bits per heavy atom. The number of imide groups is 2. The van der Waals surface area contributed by atoms with Crippen molar-refractivity contribution < 1.29 is 38.5 Å². The zero-order valence-electron chi connectivity index (χ0n) is 18.9. The zero-order chi connectivity index (χ0) is 24.8. The molecule has 1 heterocycles. The molecule has 4 amide bonds. The molecule has 34 heavy (non-hydrogen) atoms. The number of methoxy groups -OCH3 is 1. The quantitative estimate of drug-likeness (QED) is 0.424. The van der Waals surface area contributed by atoms with Gasteiger partial charge in [0.25, 0.3) is 11.8 Å². The van der Waals surface area contributed by atoms with Gasteiger partial charge in [0.1, 0.15) is 16.9 Å². The van der Waals surface area contributed by atoms with Crippen LogP contribution in [0.2, 0.25) is 0 Å². The summed E-state index contributed by atoms with van der Waals surface area (Å²) in [7, 11) is 1.43. The first kappa shape index (κ1) is 24.3. The van der Waals surface area contributed by atoms with Crippen LogP contribution in [0.25, 0.3) is 6.08 Å². The number of rotatable bonds is 9. The number of aromatic carboxylic acids is 1. The fraction of sp³-hybridized carbons (Fsp3) is 0.250. The van der Waals surface area contributed by atoms with Gasteiger partial charge >= 0.3 is 12.0 Å². The van der Waals surface area contributed by atoms with E-state index in [1.165, 1.54) is 43.5 Å². The molecule has 0 radical (unpaired) electrons. The molecule has 1 aliphatic rings. The first-order valence-corrected chi connectivity index (χ1v) is 10.5. The Hall–Kier alpha value is -4.34. The van der Waals surface area contributed by atoms with Crippen molar-refractivity contribution in [2.45, 2.75) is 20.3 Å². The summed E-state index contributed by atoms with van der Waals surface area (Å²) in [5, 5.41) is 11.6. The third-order valence-electron chi connectivity index (χ3n) is 4.81. The van der Waals surface area contributed by atoms with Gasteiger partial charge in [-0.25, -0.2) is 14.5 Å². The number of amides is 4. The first-order chi connectivity index (χ1) is 16.3. The molecule has 10 heteroatoms. The van der Waals surface area contributed by atoms with E-state index in [1.807, 2.05) is 6.92 Å². The number of carbonyl (C=O) groups is 4. The predicted octanol–water partition coefficient (Wildman–Crippen LogP) is 3.25. The lowest BCUT2D eigenvalue weighted by atomic mass is 10.0. The minimum absolute atomic E-state index is 0.125. The standard InChI is InChI=1S/C24H24N2O8/c1-4-10-34-19-9-7-15(13-20(19)32-3)26-22(28)17(21(27)25-24(26)31)12-14-6-8-18(33-5-2)16(11-14)23(29)30/h6-9,11-13H,4-5,10H2,1-3H3,(H,29,30)(H,25,27,31)/b17-12+. The number of anilines is 1. The summed E-state index contributed by atoms with van der Waals surface area (Å²) in [6, 6.07) is 7.82. The maximum absolute atomic E-state index is 13.2. The van der Waals surface area contributed by atoms with Crippen LogP contribution in [0.1, 0.15) is 36.2 Å². The molecule has 0 spiro atoms. The van der Waals surface area contributed by atoms with Gasteiger partial charge in [-0.05, 0) is 49.2 Å². The van der Waals surface area contributed by atoms with Gasteiger partial charge in [0, 0.05) is 6.07 Å². The minimum atomic E-state index is -1.22. The van der Waals surface area contributed by atoms with Gasteiger partial charge in [-0.2, -0.15) is 0 Å². The van der Waals surface area contributed by atoms with Gasteiger partial charge in [0.05, 0.1) is 26.0 Å². The Balaban J connectivity index is 1.99. The van der Waals surface area contributed by atoms with Crippen LogP contribution in [0, 0.1) is 0 Å². The second-order valence-electron chi connectivity index (χ2n) is 7.14. The van der Waals surface area contributed by atoms with E-state index in [1.54, 1.807) is 13.0 Å². The van der Waals surface area contributed by atoms with Crippen molar-refractivity contribution >= 4 is 35.6 Å². The molecule has 10 nitrogen and oxygen atoms in total. The van der Waals surface area contributed by atoms with E-state index in [4.69, 9.17) is 14.2 Å². The summed E-state index contributed by atoms with van der Waals surface area (Å²) in [5.74, 6) is -2.08. The third-order valence-corrected chi connectivity index (χ3v) is 4.81. The van der Waals surface area contributed by atoms with Crippen LogP contribution in [0.15, 0.2) is 42.0 Å². The van der Waals surface area contributed by atoms with E-state index < -0.39 is 23.8 Å². The van der Waals surface area contributed by atoms with E-state index in [9.17, 15) is 24.3 Å². The number of nitrogens with zero attached hydrogens (tertiary/aromatic N) is 1. The summed E-state index contributed by atoms with van der Waals surface area (Å²) in [6.45, 7) is 4.40. The zero-order valence-corrected chi connectivity index (χ0v) is 18.9. The number of barbiturate groups is 1. The average Bonchev–Trinajstić information content (AvgIpc) is 2.81. The molecule has 0 atom stereocenters. The third kappa shape index (κ3) is 5.01. The van der Waals surface area contributed by atoms with Crippen molar-refractivity contribution in [2.24, 2.45) is 0 Å². The molecule has 2 aromatic carbocycles. The maximum Gasteiger partial charge on any atom is 0.339 e. The molecule has 0 aliphatic carbocycles. The monoisotopic (exact) mass is 468 g/mol. The molecule has 1 aliphatic heterocycles. The van der Waals surface area contributed by atoms with Crippen LogP contribution in [-0.4, -0.2) is 49.2 Å². The number of hydrogen-bond acceptors (Lipinski definition) is 7. The Labute approximate surface area is 195 Å². The number of hydrogen-bond donors (Lipinski definition) is 2. The predicted molar refractivity (Wildman–Crippen MR) is 122 cm³/mol. The lowest BCUT2D eigenvalue weighted by Crippen LogP contribution is -2.54. The van der Waals surface area contributed by atoms with Crippen molar-refractivity contribution in [1.82, 2.24) is 5.32 Å². The summed E-state index contributed by atoms with van der Waals surface area (Å²) >= 11 is 0. The average molecular weight is 468 g/mol. The summed E-state index contributed by atoms with van der Waals surface area (Å²) in [4.78, 5) is 50.5. The Bertz CT molecular complexity index is 1170. The number of ether oxygens (including phenoxy) is 3. The molecule has 178 valence electrons. The molecule has 3 rings (SSSR count). The smallest absolute Gasteiger partial charge is 0.339 e. The van der Waals surface area contributed by atoms with Crippen LogP contribution in [0.4, 0.5) is 10.5 Å². The Morgan fingerprint density at radius 3 is 2.41 bits per heavy atom. The normalized spacial score (nSPS) is 14.7. The summed E-state index contributed by atoms with van der Waals surface area (Å²) in [6.07, 6.45) is 2.00. The van der Waals surface area contributed by atoms with Crippen LogP contribution in [0.3, 0.4) is 0 Å². The minimum Gasteiger partial charge on any atom is -0.493 e. The maximum atomic E-state index is 13.2. The van der Waals surface area contributed by atoms with E-state index in [-0.39, 0.29) is 34.7 Å². The second kappa shape index (κ2) is 10.5. The molecule has 0 unspecified atom stereocenters. The van der Waals surface area contributed by atoms with E-state index in [2.05, 4.69) is 5.32 Å². The van der Waals surface area contributed by atoms with Crippen molar-refractivity contribution in [3.8, 4) is 17.2 Å². The van der Waals surface area contributed by atoms with E-state index >= 15 is 0 Å². The Morgan fingerprint density at radius 1 is 1.03 bits per heavy atom. The number of carbonyl (C=O) groups excluding carboxylic acids is 3. The van der Waals surface area contributed by atoms with Crippen LogP contribution >= 0.6 is 0 Å². The molecule has 2 N–H and O–H groups in total. The van der Waals surface area contributed by atoms with Gasteiger partial charge in [-0.15, -0.1) is 0 Å². The lowest BCUT2D eigenvalue weighted by molar-refractivity contribution is -0.122. The van der Waals surface area contributed by atoms with Gasteiger partial charge in [0.2, 0.25) is 0 Å². The van der Waals surface area contributed by atoms with Gasteiger partial charge in [0.15, 0.2) is 11.5 Å². The fourth-order valence-electron chi connectivity index (χ4n) is 3.27. The van der Waals surface area contributed by atoms with Gasteiger partial charge in [-0.1, -0.05) is 13.0 Å². The highest BCUT2D eigenvalue weighted by Gasteiger charge is 2.37. The van der Waals surface area contributed by atoms with Gasteiger partial charge in [-0.3, -0.25) is 14.9 Å². The van der Waals surface area contributed by atoms with Crippen molar-refractivity contribution in [3.05, 3.63) is 53.1 Å². The summed E-state index contributed by atoms with van der Waals surface area (Å²) < 4.78 is 16.2. The van der Waals surface area contributed by atoms with Crippen LogP contribution in [-0.2, 0) is 9.59 Å². The summed E-state index contributed by atoms with van der Waals surface area (Å²) in [5.41, 5.74) is -0.0281. The number of nitrogens with one attached hydrogen (secondary N) is 1. The SMILES string of the molecule is CCCOc1ccc(N2C(=O)NC(=O)/C(=C\c3ccc(OCC)c(C(=O)O)c3)C2=O)cc1OC.